The molecule has 0 spiro atoms. The molecule has 0 aliphatic rings. The van der Waals surface area contributed by atoms with Crippen LogP contribution in [0.3, 0.4) is 0 Å². The molecule has 0 N–H and O–H groups in total. The fourth-order valence-corrected chi connectivity index (χ4v) is 7.43. The number of nitrogens with zero attached hydrogens (tertiary/aromatic N) is 2. The van der Waals surface area contributed by atoms with E-state index < -0.39 is 0 Å². The van der Waals surface area contributed by atoms with E-state index in [1.54, 1.807) is 0 Å². The first kappa shape index (κ1) is 25.8. The number of anilines is 3. The lowest BCUT2D eigenvalue weighted by Crippen LogP contribution is -2.10. The highest BCUT2D eigenvalue weighted by molar-refractivity contribution is 7.25. The van der Waals surface area contributed by atoms with Crippen molar-refractivity contribution < 1.29 is 0 Å². The minimum Gasteiger partial charge on any atom is -0.310 e. The third-order valence-corrected chi connectivity index (χ3v) is 9.69. The van der Waals surface area contributed by atoms with Crippen LogP contribution in [0.25, 0.3) is 47.7 Å². The molecule has 208 valence electrons. The Hall–Kier alpha value is -4.86. The molecule has 0 fully saturated rings. The molecule has 0 atom stereocenters. The summed E-state index contributed by atoms with van der Waals surface area (Å²) in [6, 6.07) is 51.0. The Kier molecular flexibility index (Phi) is 5.92. The van der Waals surface area contributed by atoms with Crippen molar-refractivity contribution in [2.45, 2.75) is 26.2 Å². The summed E-state index contributed by atoms with van der Waals surface area (Å²) in [4.78, 5) is 2.36. The molecule has 0 aliphatic heterocycles. The lowest BCUT2D eigenvalue weighted by Gasteiger charge is -2.26. The van der Waals surface area contributed by atoms with E-state index in [1.165, 1.54) is 47.5 Å². The molecule has 0 aliphatic carbocycles. The molecule has 0 bridgehead atoms. The van der Waals surface area contributed by atoms with Crippen molar-refractivity contribution in [3.05, 3.63) is 145 Å². The molecule has 0 radical (unpaired) electrons. The highest BCUT2D eigenvalue weighted by Gasteiger charge is 2.19. The predicted octanol–water partition coefficient (Wildman–Crippen LogP) is 11.9. The normalized spacial score (nSPS) is 12.1. The van der Waals surface area contributed by atoms with E-state index in [0.29, 0.717) is 0 Å². The van der Waals surface area contributed by atoms with Gasteiger partial charge in [-0.3, -0.25) is 0 Å². The van der Waals surface area contributed by atoms with Gasteiger partial charge in [-0.25, -0.2) is 0 Å². The molecule has 0 saturated carbocycles. The zero-order valence-electron chi connectivity index (χ0n) is 24.6. The van der Waals surface area contributed by atoms with E-state index >= 15 is 0 Å². The van der Waals surface area contributed by atoms with E-state index in [-0.39, 0.29) is 5.41 Å². The average Bonchev–Trinajstić information content (AvgIpc) is 3.57. The standard InChI is InChI=1S/C40H32N2S/c1-40(2,3)27-17-23-37-34(25-27)32-13-7-9-15-36(32)42(37)30-20-18-29(19-21-30)41(28-11-5-4-6-12-28)31-22-24-39-35(26-31)33-14-8-10-16-38(33)43-39/h4-26H,1-3H3. The summed E-state index contributed by atoms with van der Waals surface area (Å²) in [7, 11) is 0. The van der Waals surface area contributed by atoms with Gasteiger partial charge in [-0.15, -0.1) is 11.3 Å². The Morgan fingerprint density at radius 2 is 1.12 bits per heavy atom. The first-order chi connectivity index (χ1) is 21.0. The second-order valence-corrected chi connectivity index (χ2v) is 13.4. The summed E-state index contributed by atoms with van der Waals surface area (Å²) in [5.41, 5.74) is 8.49. The fourth-order valence-electron chi connectivity index (χ4n) is 6.35. The summed E-state index contributed by atoms with van der Waals surface area (Å²) in [5.74, 6) is 0. The summed E-state index contributed by atoms with van der Waals surface area (Å²) in [5, 5.41) is 5.20. The number of benzene rings is 6. The topological polar surface area (TPSA) is 8.17 Å². The third-order valence-electron chi connectivity index (χ3n) is 8.54. The van der Waals surface area contributed by atoms with Crippen molar-refractivity contribution in [2.75, 3.05) is 4.90 Å². The van der Waals surface area contributed by atoms with Crippen LogP contribution in [0.1, 0.15) is 26.3 Å². The van der Waals surface area contributed by atoms with Crippen LogP contribution in [0.2, 0.25) is 0 Å². The molecule has 2 aromatic heterocycles. The molecule has 8 aromatic rings. The molecule has 2 nitrogen and oxygen atoms in total. The Morgan fingerprint density at radius 1 is 0.488 bits per heavy atom. The molecular formula is C40H32N2S. The predicted molar refractivity (Wildman–Crippen MR) is 187 cm³/mol. The number of thiophene rings is 1. The molecular weight excluding hydrogens is 541 g/mol. The van der Waals surface area contributed by atoms with Crippen LogP contribution in [0.4, 0.5) is 17.1 Å². The molecule has 6 aromatic carbocycles. The second-order valence-electron chi connectivity index (χ2n) is 12.3. The SMILES string of the molecule is CC(C)(C)c1ccc2c(c1)c1ccccc1n2-c1ccc(N(c2ccccc2)c2ccc3sc4ccccc4c3c2)cc1. The van der Waals surface area contributed by atoms with E-state index in [4.69, 9.17) is 0 Å². The Balaban J connectivity index is 1.27. The number of fused-ring (bicyclic) bond motifs is 6. The van der Waals surface area contributed by atoms with Crippen LogP contribution in [0.5, 0.6) is 0 Å². The quantitative estimate of drug-likeness (QED) is 0.204. The Morgan fingerprint density at radius 3 is 1.91 bits per heavy atom. The van der Waals surface area contributed by atoms with Gasteiger partial charge in [0.2, 0.25) is 0 Å². The van der Waals surface area contributed by atoms with Crippen molar-refractivity contribution in [3.63, 3.8) is 0 Å². The van der Waals surface area contributed by atoms with Crippen LogP contribution < -0.4 is 4.90 Å². The zero-order valence-corrected chi connectivity index (χ0v) is 25.4. The minimum absolute atomic E-state index is 0.0955. The van der Waals surface area contributed by atoms with E-state index in [9.17, 15) is 0 Å². The lowest BCUT2D eigenvalue weighted by atomic mass is 9.86. The van der Waals surface area contributed by atoms with Crippen molar-refractivity contribution in [1.82, 2.24) is 4.57 Å². The van der Waals surface area contributed by atoms with Gasteiger partial charge in [0.1, 0.15) is 0 Å². The van der Waals surface area contributed by atoms with Crippen LogP contribution >= 0.6 is 11.3 Å². The smallest absolute Gasteiger partial charge is 0.0541 e. The molecule has 0 amide bonds. The first-order valence-corrected chi connectivity index (χ1v) is 15.7. The summed E-state index contributed by atoms with van der Waals surface area (Å²) in [6.45, 7) is 6.84. The number of rotatable bonds is 4. The number of hydrogen-bond donors (Lipinski definition) is 0. The van der Waals surface area contributed by atoms with Gasteiger partial charge in [0, 0.05) is 53.7 Å². The van der Waals surface area contributed by atoms with Gasteiger partial charge < -0.3 is 9.47 Å². The van der Waals surface area contributed by atoms with Gasteiger partial charge in [0.05, 0.1) is 11.0 Å². The summed E-state index contributed by atoms with van der Waals surface area (Å²) < 4.78 is 5.04. The van der Waals surface area contributed by atoms with Gasteiger partial charge in [-0.1, -0.05) is 81.4 Å². The number of para-hydroxylation sites is 2. The van der Waals surface area contributed by atoms with Crippen LogP contribution in [-0.2, 0) is 5.41 Å². The van der Waals surface area contributed by atoms with Crippen molar-refractivity contribution >= 4 is 70.4 Å². The third kappa shape index (κ3) is 4.31. The molecule has 0 saturated heterocycles. The van der Waals surface area contributed by atoms with E-state index in [2.05, 4.69) is 170 Å². The number of aromatic nitrogens is 1. The van der Waals surface area contributed by atoms with Gasteiger partial charge in [-0.05, 0) is 89.8 Å². The molecule has 2 heterocycles. The first-order valence-electron chi connectivity index (χ1n) is 14.9. The van der Waals surface area contributed by atoms with E-state index in [1.807, 2.05) is 11.3 Å². The van der Waals surface area contributed by atoms with E-state index in [0.717, 1.165) is 22.7 Å². The molecule has 0 unspecified atom stereocenters. The van der Waals surface area contributed by atoms with Gasteiger partial charge in [-0.2, -0.15) is 0 Å². The molecule has 3 heteroatoms. The maximum Gasteiger partial charge on any atom is 0.0541 e. The monoisotopic (exact) mass is 572 g/mol. The fraction of sp³-hybridized carbons (Fsp3) is 0.100. The van der Waals surface area contributed by atoms with Gasteiger partial charge >= 0.3 is 0 Å². The summed E-state index contributed by atoms with van der Waals surface area (Å²) >= 11 is 1.86. The molecule has 8 rings (SSSR count). The largest absolute Gasteiger partial charge is 0.310 e. The van der Waals surface area contributed by atoms with Gasteiger partial charge in [0.15, 0.2) is 0 Å². The maximum atomic E-state index is 2.40. The minimum atomic E-state index is 0.0955. The van der Waals surface area contributed by atoms with Crippen molar-refractivity contribution in [1.29, 1.82) is 0 Å². The average molecular weight is 573 g/mol. The van der Waals surface area contributed by atoms with Crippen molar-refractivity contribution in [3.8, 4) is 5.69 Å². The summed E-state index contributed by atoms with van der Waals surface area (Å²) in [6.07, 6.45) is 0. The van der Waals surface area contributed by atoms with Crippen LogP contribution in [0.15, 0.2) is 140 Å². The number of hydrogen-bond acceptors (Lipinski definition) is 2. The molecule has 43 heavy (non-hydrogen) atoms. The highest BCUT2D eigenvalue weighted by atomic mass is 32.1. The second kappa shape index (κ2) is 9.86. The van der Waals surface area contributed by atoms with Gasteiger partial charge in [0.25, 0.3) is 0 Å². The van der Waals surface area contributed by atoms with Crippen molar-refractivity contribution in [2.24, 2.45) is 0 Å². The Labute approximate surface area is 256 Å². The highest BCUT2D eigenvalue weighted by Crippen LogP contribution is 2.41. The van der Waals surface area contributed by atoms with Crippen LogP contribution in [-0.4, -0.2) is 4.57 Å². The zero-order chi connectivity index (χ0) is 29.1. The maximum absolute atomic E-state index is 2.40. The lowest BCUT2D eigenvalue weighted by molar-refractivity contribution is 0.591. The van der Waals surface area contributed by atoms with Crippen LogP contribution in [0, 0.1) is 0 Å². The Bertz CT molecular complexity index is 2260.